The number of hydrogen-bond acceptors (Lipinski definition) is 4. The summed E-state index contributed by atoms with van der Waals surface area (Å²) in [7, 11) is 0. The molecule has 1 aliphatic carbocycles. The van der Waals surface area contributed by atoms with E-state index in [1.807, 2.05) is 42.5 Å². The highest BCUT2D eigenvalue weighted by Gasteiger charge is 2.35. The summed E-state index contributed by atoms with van der Waals surface area (Å²) in [5.74, 6) is 1.87. The van der Waals surface area contributed by atoms with Gasteiger partial charge in [-0.25, -0.2) is 15.0 Å². The van der Waals surface area contributed by atoms with Crippen molar-refractivity contribution in [2.24, 2.45) is 0 Å². The van der Waals surface area contributed by atoms with Crippen LogP contribution in [0.4, 0.5) is 0 Å². The van der Waals surface area contributed by atoms with Gasteiger partial charge in [0.05, 0.1) is 0 Å². The van der Waals surface area contributed by atoms with Crippen molar-refractivity contribution in [3.63, 3.8) is 0 Å². The van der Waals surface area contributed by atoms with Gasteiger partial charge in [-0.05, 0) is 92.0 Å². The maximum atomic E-state index is 6.48. The Balaban J connectivity index is 0.986. The maximum absolute atomic E-state index is 6.48. The Hall–Kier alpha value is -7.43. The molecule has 58 heavy (non-hydrogen) atoms. The topological polar surface area (TPSA) is 51.8 Å². The third-order valence-corrected chi connectivity index (χ3v) is 11.7. The third kappa shape index (κ3) is 5.64. The summed E-state index contributed by atoms with van der Waals surface area (Å²) in [6.45, 7) is 4.65. The second-order valence-electron chi connectivity index (χ2n) is 15.6. The van der Waals surface area contributed by atoms with Crippen LogP contribution < -0.4 is 0 Å². The number of hydrogen-bond donors (Lipinski definition) is 0. The molecule has 0 fully saturated rings. The highest BCUT2D eigenvalue weighted by atomic mass is 16.3. The van der Waals surface area contributed by atoms with Crippen molar-refractivity contribution in [2.45, 2.75) is 19.3 Å². The standard InChI is InChI=1S/C54H37N3O/c1-54(2)46-24-10-9-22-43(46)44-28-26-38(32-47(44)54)36-18-11-20-40(30-36)52-55-51(35-16-7-4-8-17-35)56-53(57-52)41-21-12-19-37(31-41)39-27-29-45-49(33-39)58-48-25-13-23-42(50(45)48)34-14-5-3-6-15-34/h3-33H,1-2H3. The Bertz CT molecular complexity index is 3200. The summed E-state index contributed by atoms with van der Waals surface area (Å²) in [6, 6.07) is 66.0. The van der Waals surface area contributed by atoms with E-state index < -0.39 is 0 Å². The third-order valence-electron chi connectivity index (χ3n) is 11.7. The van der Waals surface area contributed by atoms with Gasteiger partial charge < -0.3 is 4.42 Å². The maximum Gasteiger partial charge on any atom is 0.164 e. The Morgan fingerprint density at radius 3 is 1.55 bits per heavy atom. The van der Waals surface area contributed by atoms with Crippen LogP contribution in [0.2, 0.25) is 0 Å². The average molecular weight is 744 g/mol. The summed E-state index contributed by atoms with van der Waals surface area (Å²) in [6.07, 6.45) is 0. The number of furan rings is 1. The summed E-state index contributed by atoms with van der Waals surface area (Å²) in [5, 5.41) is 2.23. The molecule has 0 aliphatic heterocycles. The van der Waals surface area contributed by atoms with E-state index in [9.17, 15) is 0 Å². The van der Waals surface area contributed by atoms with Gasteiger partial charge in [0, 0.05) is 32.9 Å². The molecule has 10 aromatic rings. The van der Waals surface area contributed by atoms with Gasteiger partial charge >= 0.3 is 0 Å². The fourth-order valence-corrected chi connectivity index (χ4v) is 8.77. The van der Waals surface area contributed by atoms with E-state index >= 15 is 0 Å². The SMILES string of the molecule is CC1(C)c2ccccc2-c2ccc(-c3cccc(-c4nc(-c5ccccc5)nc(-c5cccc(-c6ccc7c(c6)oc6cccc(-c8ccccc8)c67)c5)n4)c3)cc21. The van der Waals surface area contributed by atoms with Crippen LogP contribution in [0.5, 0.6) is 0 Å². The lowest BCUT2D eigenvalue weighted by Crippen LogP contribution is -2.14. The van der Waals surface area contributed by atoms with Crippen molar-refractivity contribution in [3.05, 3.63) is 199 Å². The molecule has 0 saturated heterocycles. The summed E-state index contributed by atoms with van der Waals surface area (Å²) in [4.78, 5) is 15.3. The molecule has 274 valence electrons. The summed E-state index contributed by atoms with van der Waals surface area (Å²) >= 11 is 0. The van der Waals surface area contributed by atoms with Crippen LogP contribution >= 0.6 is 0 Å². The van der Waals surface area contributed by atoms with Crippen LogP contribution in [0.1, 0.15) is 25.0 Å². The predicted octanol–water partition coefficient (Wildman–Crippen LogP) is 14.1. The molecular weight excluding hydrogens is 707 g/mol. The minimum Gasteiger partial charge on any atom is -0.456 e. The molecule has 2 aromatic heterocycles. The first-order valence-electron chi connectivity index (χ1n) is 19.8. The van der Waals surface area contributed by atoms with Gasteiger partial charge in [-0.15, -0.1) is 0 Å². The highest BCUT2D eigenvalue weighted by Crippen LogP contribution is 2.49. The van der Waals surface area contributed by atoms with Gasteiger partial charge in [0.2, 0.25) is 0 Å². The molecule has 11 rings (SSSR count). The lowest BCUT2D eigenvalue weighted by atomic mass is 9.81. The van der Waals surface area contributed by atoms with Crippen molar-refractivity contribution >= 4 is 21.9 Å². The molecule has 0 unspecified atom stereocenters. The molecule has 1 aliphatic rings. The predicted molar refractivity (Wildman–Crippen MR) is 237 cm³/mol. The first-order valence-corrected chi connectivity index (χ1v) is 19.8. The van der Waals surface area contributed by atoms with Crippen molar-refractivity contribution < 1.29 is 4.42 Å². The molecule has 0 spiro atoms. The zero-order valence-corrected chi connectivity index (χ0v) is 32.1. The second kappa shape index (κ2) is 13.4. The smallest absolute Gasteiger partial charge is 0.164 e. The first kappa shape index (κ1) is 33.9. The Morgan fingerprint density at radius 2 is 0.845 bits per heavy atom. The van der Waals surface area contributed by atoms with Gasteiger partial charge in [-0.3, -0.25) is 0 Å². The minimum absolute atomic E-state index is 0.0779. The molecule has 4 heteroatoms. The van der Waals surface area contributed by atoms with Crippen LogP contribution in [0.15, 0.2) is 192 Å². The van der Waals surface area contributed by atoms with Crippen molar-refractivity contribution in [3.8, 4) is 78.7 Å². The van der Waals surface area contributed by atoms with Gasteiger partial charge in [0.15, 0.2) is 17.5 Å². The van der Waals surface area contributed by atoms with Crippen LogP contribution in [0.3, 0.4) is 0 Å². The molecular formula is C54H37N3O. The monoisotopic (exact) mass is 743 g/mol. The molecule has 0 amide bonds. The van der Waals surface area contributed by atoms with Gasteiger partial charge in [-0.1, -0.05) is 166 Å². The van der Waals surface area contributed by atoms with Crippen LogP contribution in [-0.4, -0.2) is 15.0 Å². The van der Waals surface area contributed by atoms with Crippen molar-refractivity contribution in [2.75, 3.05) is 0 Å². The Kier molecular flexibility index (Phi) is 7.80. The van der Waals surface area contributed by atoms with E-state index in [-0.39, 0.29) is 5.41 Å². The number of nitrogens with zero attached hydrogens (tertiary/aromatic N) is 3. The zero-order chi connectivity index (χ0) is 38.8. The minimum atomic E-state index is -0.0779. The normalized spacial score (nSPS) is 12.8. The average Bonchev–Trinajstić information content (AvgIpc) is 3.78. The van der Waals surface area contributed by atoms with E-state index in [2.05, 4.69) is 159 Å². The van der Waals surface area contributed by atoms with Crippen molar-refractivity contribution in [1.29, 1.82) is 0 Å². The molecule has 0 saturated carbocycles. The Morgan fingerprint density at radius 1 is 0.345 bits per heavy atom. The first-order chi connectivity index (χ1) is 28.5. The highest BCUT2D eigenvalue weighted by molar-refractivity contribution is 6.13. The van der Waals surface area contributed by atoms with Crippen LogP contribution in [-0.2, 0) is 5.41 Å². The molecule has 4 nitrogen and oxygen atoms in total. The number of benzene rings is 8. The van der Waals surface area contributed by atoms with E-state index in [0.717, 1.165) is 55.3 Å². The number of fused-ring (bicyclic) bond motifs is 6. The fraction of sp³-hybridized carbons (Fsp3) is 0.0556. The molecule has 0 atom stereocenters. The van der Waals surface area contributed by atoms with Gasteiger partial charge in [0.25, 0.3) is 0 Å². The van der Waals surface area contributed by atoms with Crippen molar-refractivity contribution in [1.82, 2.24) is 15.0 Å². The number of rotatable bonds is 6. The molecule has 2 heterocycles. The van der Waals surface area contributed by atoms with E-state index in [0.29, 0.717) is 17.5 Å². The molecule has 0 bridgehead atoms. The van der Waals surface area contributed by atoms with Gasteiger partial charge in [0.1, 0.15) is 11.2 Å². The molecule has 8 aromatic carbocycles. The largest absolute Gasteiger partial charge is 0.456 e. The quantitative estimate of drug-likeness (QED) is 0.170. The summed E-state index contributed by atoms with van der Waals surface area (Å²) in [5.41, 5.74) is 16.5. The fourth-order valence-electron chi connectivity index (χ4n) is 8.77. The van der Waals surface area contributed by atoms with E-state index in [4.69, 9.17) is 19.4 Å². The van der Waals surface area contributed by atoms with Gasteiger partial charge in [-0.2, -0.15) is 0 Å². The lowest BCUT2D eigenvalue weighted by Gasteiger charge is -2.22. The lowest BCUT2D eigenvalue weighted by molar-refractivity contribution is 0.660. The van der Waals surface area contributed by atoms with E-state index in [1.54, 1.807) is 0 Å². The zero-order valence-electron chi connectivity index (χ0n) is 32.1. The van der Waals surface area contributed by atoms with Crippen LogP contribution in [0.25, 0.3) is 101 Å². The van der Waals surface area contributed by atoms with E-state index in [1.165, 1.54) is 38.9 Å². The molecule has 0 N–H and O–H groups in total. The van der Waals surface area contributed by atoms with Crippen LogP contribution in [0, 0.1) is 0 Å². The Labute approximate surface area is 337 Å². The number of aromatic nitrogens is 3. The summed E-state index contributed by atoms with van der Waals surface area (Å²) < 4.78 is 6.48. The second-order valence-corrected chi connectivity index (χ2v) is 15.6. The molecule has 0 radical (unpaired) electrons.